The summed E-state index contributed by atoms with van der Waals surface area (Å²) in [5.74, 6) is 2.03. The average molecular weight is 274 g/mol. The number of rotatable bonds is 3. The predicted molar refractivity (Wildman–Crippen MR) is 77.4 cm³/mol. The van der Waals surface area contributed by atoms with Crippen molar-refractivity contribution in [2.24, 2.45) is 0 Å². The number of anilines is 2. The molecule has 0 saturated heterocycles. The maximum atomic E-state index is 5.78. The van der Waals surface area contributed by atoms with Crippen molar-refractivity contribution in [3.63, 3.8) is 0 Å². The summed E-state index contributed by atoms with van der Waals surface area (Å²) >= 11 is 1.62. The third-order valence-corrected chi connectivity index (χ3v) is 3.79. The quantitative estimate of drug-likeness (QED) is 0.795. The van der Waals surface area contributed by atoms with Gasteiger partial charge in [0.1, 0.15) is 16.4 Å². The van der Waals surface area contributed by atoms with E-state index in [2.05, 4.69) is 23.0 Å². The fourth-order valence-electron chi connectivity index (χ4n) is 2.05. The van der Waals surface area contributed by atoms with Crippen LogP contribution >= 0.6 is 11.3 Å². The van der Waals surface area contributed by atoms with Gasteiger partial charge in [0, 0.05) is 11.9 Å². The lowest BCUT2D eigenvalue weighted by atomic mass is 10.3. The molecule has 0 atom stereocenters. The molecule has 6 heteroatoms. The van der Waals surface area contributed by atoms with Crippen molar-refractivity contribution >= 4 is 33.3 Å². The first-order chi connectivity index (χ1) is 9.13. The van der Waals surface area contributed by atoms with Crippen molar-refractivity contribution < 1.29 is 4.42 Å². The van der Waals surface area contributed by atoms with E-state index >= 15 is 0 Å². The second kappa shape index (κ2) is 4.55. The fourth-order valence-corrected chi connectivity index (χ4v) is 2.93. The largest absolute Gasteiger partial charge is 0.467 e. The van der Waals surface area contributed by atoms with Gasteiger partial charge < -0.3 is 15.1 Å². The maximum absolute atomic E-state index is 5.78. The summed E-state index contributed by atoms with van der Waals surface area (Å²) in [6.07, 6.45) is 1.67. The Kier molecular flexibility index (Phi) is 2.87. The topological polar surface area (TPSA) is 68.2 Å². The summed E-state index contributed by atoms with van der Waals surface area (Å²) < 4.78 is 5.36. The van der Waals surface area contributed by atoms with E-state index in [4.69, 9.17) is 10.2 Å². The molecule has 0 aliphatic rings. The third kappa shape index (κ3) is 2.26. The SMILES string of the molecule is Cc1cc2c(N(C)Cc3ccco3)nc(N)nc2s1. The highest BCUT2D eigenvalue weighted by Crippen LogP contribution is 2.31. The minimum absolute atomic E-state index is 0.302. The number of thiophene rings is 1. The molecular weight excluding hydrogens is 260 g/mol. The number of nitrogen functional groups attached to an aromatic ring is 1. The molecule has 0 aliphatic carbocycles. The Morgan fingerprint density at radius 2 is 2.26 bits per heavy atom. The van der Waals surface area contributed by atoms with Crippen LogP contribution in [0.15, 0.2) is 28.9 Å². The molecule has 3 aromatic rings. The van der Waals surface area contributed by atoms with Gasteiger partial charge in [0.2, 0.25) is 5.95 Å². The normalized spacial score (nSPS) is 11.1. The monoisotopic (exact) mass is 274 g/mol. The van der Waals surface area contributed by atoms with Crippen LogP contribution in [0.3, 0.4) is 0 Å². The van der Waals surface area contributed by atoms with Crippen LogP contribution in [-0.2, 0) is 6.54 Å². The zero-order valence-electron chi connectivity index (χ0n) is 10.8. The molecule has 0 bridgehead atoms. The van der Waals surface area contributed by atoms with E-state index in [1.807, 2.05) is 24.1 Å². The van der Waals surface area contributed by atoms with Crippen LogP contribution < -0.4 is 10.6 Å². The molecule has 5 nitrogen and oxygen atoms in total. The lowest BCUT2D eigenvalue weighted by Crippen LogP contribution is -2.18. The van der Waals surface area contributed by atoms with Gasteiger partial charge in [-0.05, 0) is 25.1 Å². The molecular formula is C13H14N4OS. The number of hydrogen-bond donors (Lipinski definition) is 1. The Labute approximate surface area is 114 Å². The Hall–Kier alpha value is -2.08. The molecule has 19 heavy (non-hydrogen) atoms. The van der Waals surface area contributed by atoms with E-state index in [0.29, 0.717) is 12.5 Å². The minimum atomic E-state index is 0.302. The van der Waals surface area contributed by atoms with E-state index in [1.165, 1.54) is 4.88 Å². The zero-order valence-corrected chi connectivity index (χ0v) is 11.6. The van der Waals surface area contributed by atoms with E-state index in [0.717, 1.165) is 21.8 Å². The molecule has 0 amide bonds. The van der Waals surface area contributed by atoms with Crippen LogP contribution in [-0.4, -0.2) is 17.0 Å². The number of aromatic nitrogens is 2. The molecule has 0 unspecified atom stereocenters. The van der Waals surface area contributed by atoms with Gasteiger partial charge >= 0.3 is 0 Å². The van der Waals surface area contributed by atoms with Crippen LogP contribution in [0.25, 0.3) is 10.2 Å². The molecule has 3 aromatic heterocycles. The molecule has 3 rings (SSSR count). The van der Waals surface area contributed by atoms with Gasteiger partial charge in [-0.1, -0.05) is 0 Å². The number of aryl methyl sites for hydroxylation is 1. The lowest BCUT2D eigenvalue weighted by molar-refractivity contribution is 0.507. The highest BCUT2D eigenvalue weighted by Gasteiger charge is 2.14. The summed E-state index contributed by atoms with van der Waals surface area (Å²) in [5, 5.41) is 1.03. The first kappa shape index (κ1) is 12.0. The third-order valence-electron chi connectivity index (χ3n) is 2.85. The number of fused-ring (bicyclic) bond motifs is 1. The summed E-state index contributed by atoms with van der Waals surface area (Å²) in [6.45, 7) is 2.70. The van der Waals surface area contributed by atoms with Gasteiger partial charge in [0.25, 0.3) is 0 Å². The van der Waals surface area contributed by atoms with Gasteiger partial charge in [-0.3, -0.25) is 0 Å². The highest BCUT2D eigenvalue weighted by molar-refractivity contribution is 7.18. The predicted octanol–water partition coefficient (Wildman–Crippen LogP) is 2.81. The molecule has 0 aromatic carbocycles. The Morgan fingerprint density at radius 1 is 1.42 bits per heavy atom. The van der Waals surface area contributed by atoms with E-state index in [1.54, 1.807) is 17.6 Å². The van der Waals surface area contributed by atoms with Crippen molar-refractivity contribution in [3.8, 4) is 0 Å². The van der Waals surface area contributed by atoms with Gasteiger partial charge in [-0.2, -0.15) is 4.98 Å². The average Bonchev–Trinajstić information content (AvgIpc) is 2.96. The molecule has 0 aliphatic heterocycles. The Bertz CT molecular complexity index is 705. The van der Waals surface area contributed by atoms with E-state index in [-0.39, 0.29) is 0 Å². The Morgan fingerprint density at radius 3 is 3.00 bits per heavy atom. The van der Waals surface area contributed by atoms with Crippen LogP contribution in [0.2, 0.25) is 0 Å². The van der Waals surface area contributed by atoms with Gasteiger partial charge in [0.05, 0.1) is 18.2 Å². The molecule has 0 radical (unpaired) electrons. The summed E-state index contributed by atoms with van der Waals surface area (Å²) in [6, 6.07) is 5.91. The molecule has 98 valence electrons. The number of nitrogens with zero attached hydrogens (tertiary/aromatic N) is 3. The molecule has 2 N–H and O–H groups in total. The van der Waals surface area contributed by atoms with E-state index < -0.39 is 0 Å². The van der Waals surface area contributed by atoms with Gasteiger partial charge in [0.15, 0.2) is 0 Å². The second-order valence-electron chi connectivity index (χ2n) is 4.42. The fraction of sp³-hybridized carbons (Fsp3) is 0.231. The van der Waals surface area contributed by atoms with Crippen molar-refractivity contribution in [3.05, 3.63) is 35.1 Å². The van der Waals surface area contributed by atoms with Crippen LogP contribution in [0.5, 0.6) is 0 Å². The van der Waals surface area contributed by atoms with Crippen molar-refractivity contribution in [2.45, 2.75) is 13.5 Å². The minimum Gasteiger partial charge on any atom is -0.467 e. The van der Waals surface area contributed by atoms with Crippen LogP contribution in [0.1, 0.15) is 10.6 Å². The summed E-state index contributed by atoms with van der Waals surface area (Å²) in [4.78, 5) is 12.8. The smallest absolute Gasteiger partial charge is 0.223 e. The number of furan rings is 1. The molecule has 0 spiro atoms. The summed E-state index contributed by atoms with van der Waals surface area (Å²) in [5.41, 5.74) is 5.78. The number of hydrogen-bond acceptors (Lipinski definition) is 6. The zero-order chi connectivity index (χ0) is 13.4. The number of nitrogens with two attached hydrogens (primary N) is 1. The first-order valence-electron chi connectivity index (χ1n) is 5.90. The van der Waals surface area contributed by atoms with E-state index in [9.17, 15) is 0 Å². The van der Waals surface area contributed by atoms with Gasteiger partial charge in [-0.25, -0.2) is 4.98 Å². The maximum Gasteiger partial charge on any atom is 0.223 e. The molecule has 3 heterocycles. The summed E-state index contributed by atoms with van der Waals surface area (Å²) in [7, 11) is 1.97. The molecule has 0 fully saturated rings. The Balaban J connectivity index is 2.03. The van der Waals surface area contributed by atoms with Crippen molar-refractivity contribution in [2.75, 3.05) is 17.7 Å². The van der Waals surface area contributed by atoms with Crippen molar-refractivity contribution in [1.82, 2.24) is 9.97 Å². The van der Waals surface area contributed by atoms with Gasteiger partial charge in [-0.15, -0.1) is 11.3 Å². The highest BCUT2D eigenvalue weighted by atomic mass is 32.1. The van der Waals surface area contributed by atoms with Crippen molar-refractivity contribution in [1.29, 1.82) is 0 Å². The lowest BCUT2D eigenvalue weighted by Gasteiger charge is -2.17. The van der Waals surface area contributed by atoms with Crippen LogP contribution in [0.4, 0.5) is 11.8 Å². The first-order valence-corrected chi connectivity index (χ1v) is 6.72. The van der Waals surface area contributed by atoms with Crippen LogP contribution in [0, 0.1) is 6.92 Å². The molecule has 0 saturated carbocycles. The second-order valence-corrected chi connectivity index (χ2v) is 5.65. The standard InChI is InChI=1S/C13H14N4OS/c1-8-6-10-11(15-13(14)16-12(10)19-8)17(2)7-9-4-3-5-18-9/h3-6H,7H2,1-2H3,(H2,14,15,16).